The largest absolute Gasteiger partial charge is 0.433 e. The summed E-state index contributed by atoms with van der Waals surface area (Å²) in [6.07, 6.45) is 4.30. The van der Waals surface area contributed by atoms with Gasteiger partial charge in [-0.15, -0.1) is 10.2 Å². The minimum Gasteiger partial charge on any atom is -0.411 e. The van der Waals surface area contributed by atoms with Crippen LogP contribution < -0.4 is 0 Å². The number of benzene rings is 1. The molecular formula is C19H18N4O6S2. The Morgan fingerprint density at radius 3 is 2.65 bits per heavy atom. The van der Waals surface area contributed by atoms with Gasteiger partial charge in [0, 0.05) is 18.7 Å². The molecule has 12 heteroatoms. The molecule has 0 unspecified atom stereocenters. The van der Waals surface area contributed by atoms with E-state index in [2.05, 4.69) is 10.2 Å². The van der Waals surface area contributed by atoms with Crippen LogP contribution in [-0.4, -0.2) is 40.9 Å². The number of nitro groups is 1. The first kappa shape index (κ1) is 21.3. The zero-order valence-electron chi connectivity index (χ0n) is 16.2. The predicted molar refractivity (Wildman–Crippen MR) is 113 cm³/mol. The van der Waals surface area contributed by atoms with Crippen LogP contribution in [0.1, 0.15) is 25.0 Å². The van der Waals surface area contributed by atoms with Crippen molar-refractivity contribution in [2.24, 2.45) is 0 Å². The summed E-state index contributed by atoms with van der Waals surface area (Å²) in [5.74, 6) is 0.166. The number of thioether (sulfide) groups is 1. The molecule has 1 fully saturated rings. The predicted octanol–water partition coefficient (Wildman–Crippen LogP) is 4.18. The van der Waals surface area contributed by atoms with Gasteiger partial charge < -0.3 is 8.83 Å². The number of nitrogens with zero attached hydrogens (tertiary/aromatic N) is 4. The Hall–Kier alpha value is -2.96. The van der Waals surface area contributed by atoms with Gasteiger partial charge in [0.25, 0.3) is 5.22 Å². The lowest BCUT2D eigenvalue weighted by Crippen LogP contribution is -2.35. The van der Waals surface area contributed by atoms with Crippen LogP contribution in [0.3, 0.4) is 0 Å². The lowest BCUT2D eigenvalue weighted by Gasteiger charge is -2.25. The molecule has 0 saturated carbocycles. The first-order valence-electron chi connectivity index (χ1n) is 9.45. The molecular weight excluding hydrogens is 444 g/mol. The van der Waals surface area contributed by atoms with E-state index in [9.17, 15) is 18.5 Å². The van der Waals surface area contributed by atoms with Crippen molar-refractivity contribution in [3.05, 3.63) is 57.7 Å². The Bertz CT molecular complexity index is 1210. The van der Waals surface area contributed by atoms with Crippen molar-refractivity contribution in [2.75, 3.05) is 13.1 Å². The Kier molecular flexibility index (Phi) is 6.20. The van der Waals surface area contributed by atoms with E-state index in [1.807, 2.05) is 0 Å². The molecule has 0 radical (unpaired) electrons. The second-order valence-electron chi connectivity index (χ2n) is 6.72. The third-order valence-electron chi connectivity index (χ3n) is 4.63. The van der Waals surface area contributed by atoms with Gasteiger partial charge in [0.15, 0.2) is 0 Å². The molecule has 1 aromatic carbocycles. The SMILES string of the molecule is O=[N+]([O-])c1ccc(/C=C/Sc2nnc(-c3cccc(S(=O)(=O)N4CCCCC4)c3)o2)o1. The fourth-order valence-electron chi connectivity index (χ4n) is 3.11. The zero-order chi connectivity index (χ0) is 21.8. The summed E-state index contributed by atoms with van der Waals surface area (Å²) in [5.41, 5.74) is 0.503. The van der Waals surface area contributed by atoms with Gasteiger partial charge in [0.2, 0.25) is 15.9 Å². The molecule has 0 aliphatic carbocycles. The van der Waals surface area contributed by atoms with Crippen LogP contribution in [0.5, 0.6) is 0 Å². The summed E-state index contributed by atoms with van der Waals surface area (Å²) in [6, 6.07) is 9.18. The highest BCUT2D eigenvalue weighted by molar-refractivity contribution is 8.02. The Morgan fingerprint density at radius 1 is 1.10 bits per heavy atom. The molecule has 1 aliphatic heterocycles. The van der Waals surface area contributed by atoms with Gasteiger partial charge in [-0.2, -0.15) is 4.31 Å². The molecule has 0 amide bonds. The minimum atomic E-state index is -3.57. The molecule has 3 aromatic rings. The van der Waals surface area contributed by atoms with Gasteiger partial charge in [0.05, 0.1) is 11.0 Å². The first-order valence-corrected chi connectivity index (χ1v) is 11.8. The van der Waals surface area contributed by atoms with Crippen molar-refractivity contribution in [3.8, 4) is 11.5 Å². The second-order valence-corrected chi connectivity index (χ2v) is 9.51. The molecule has 162 valence electrons. The van der Waals surface area contributed by atoms with Crippen molar-refractivity contribution < 1.29 is 22.2 Å². The summed E-state index contributed by atoms with van der Waals surface area (Å²) >= 11 is 1.10. The molecule has 1 aliphatic rings. The van der Waals surface area contributed by atoms with Crippen molar-refractivity contribution in [3.63, 3.8) is 0 Å². The maximum absolute atomic E-state index is 12.9. The van der Waals surface area contributed by atoms with Crippen molar-refractivity contribution in [2.45, 2.75) is 29.4 Å². The normalized spacial score (nSPS) is 15.5. The maximum Gasteiger partial charge on any atom is 0.433 e. The van der Waals surface area contributed by atoms with Gasteiger partial charge in [-0.3, -0.25) is 10.1 Å². The molecule has 0 N–H and O–H groups in total. The van der Waals surface area contributed by atoms with Gasteiger partial charge in [-0.25, -0.2) is 8.42 Å². The van der Waals surface area contributed by atoms with E-state index >= 15 is 0 Å². The quantitative estimate of drug-likeness (QED) is 0.288. The second kappa shape index (κ2) is 9.04. The number of hydrogen-bond acceptors (Lipinski definition) is 9. The summed E-state index contributed by atoms with van der Waals surface area (Å²) in [4.78, 5) is 10.2. The smallest absolute Gasteiger partial charge is 0.411 e. The van der Waals surface area contributed by atoms with Gasteiger partial charge in [-0.05, 0) is 60.4 Å². The molecule has 3 heterocycles. The molecule has 4 rings (SSSR count). The molecule has 31 heavy (non-hydrogen) atoms. The number of sulfonamides is 1. The van der Waals surface area contributed by atoms with Gasteiger partial charge >= 0.3 is 5.88 Å². The highest BCUT2D eigenvalue weighted by atomic mass is 32.2. The van der Waals surface area contributed by atoms with Crippen molar-refractivity contribution in [1.29, 1.82) is 0 Å². The Morgan fingerprint density at radius 2 is 1.90 bits per heavy atom. The van der Waals surface area contributed by atoms with Crippen LogP contribution in [-0.2, 0) is 10.0 Å². The van der Waals surface area contributed by atoms with Gasteiger partial charge in [-0.1, -0.05) is 12.5 Å². The monoisotopic (exact) mass is 462 g/mol. The number of rotatable bonds is 7. The fraction of sp³-hybridized carbons (Fsp3) is 0.263. The number of piperidine rings is 1. The molecule has 2 aromatic heterocycles. The summed E-state index contributed by atoms with van der Waals surface area (Å²) in [6.45, 7) is 1.05. The lowest BCUT2D eigenvalue weighted by atomic mass is 10.2. The van der Waals surface area contributed by atoms with Crippen LogP contribution in [0, 0.1) is 10.1 Å². The van der Waals surface area contributed by atoms with Crippen LogP contribution in [0.2, 0.25) is 0 Å². The van der Waals surface area contributed by atoms with Crippen LogP contribution in [0.4, 0.5) is 5.88 Å². The van der Waals surface area contributed by atoms with E-state index in [-0.39, 0.29) is 21.9 Å². The standard InChI is InChI=1S/C19H18N4O6S2/c24-23(25)17-8-7-15(28-17)9-12-30-19-21-20-18(29-19)14-5-4-6-16(13-14)31(26,27)22-10-2-1-3-11-22/h4-9,12-13H,1-3,10-11H2/b12-9+. The van der Waals surface area contributed by atoms with E-state index < -0.39 is 14.9 Å². The highest BCUT2D eigenvalue weighted by Crippen LogP contribution is 2.28. The molecule has 0 atom stereocenters. The molecule has 10 nitrogen and oxygen atoms in total. The summed E-state index contributed by atoms with van der Waals surface area (Å²) < 4.78 is 37.9. The van der Waals surface area contributed by atoms with E-state index in [1.54, 1.807) is 23.6 Å². The highest BCUT2D eigenvalue weighted by Gasteiger charge is 2.26. The fourth-order valence-corrected chi connectivity index (χ4v) is 5.20. The van der Waals surface area contributed by atoms with E-state index in [0.717, 1.165) is 31.0 Å². The van der Waals surface area contributed by atoms with Crippen LogP contribution >= 0.6 is 11.8 Å². The third kappa shape index (κ3) is 4.86. The lowest BCUT2D eigenvalue weighted by molar-refractivity contribution is -0.402. The first-order chi connectivity index (χ1) is 14.9. The molecule has 0 spiro atoms. The maximum atomic E-state index is 12.9. The van der Waals surface area contributed by atoms with E-state index in [4.69, 9.17) is 8.83 Å². The molecule has 0 bridgehead atoms. The van der Waals surface area contributed by atoms with Crippen LogP contribution in [0.15, 0.2) is 60.8 Å². The Balaban J connectivity index is 1.46. The van der Waals surface area contributed by atoms with Crippen molar-refractivity contribution in [1.82, 2.24) is 14.5 Å². The van der Waals surface area contributed by atoms with E-state index in [0.29, 0.717) is 24.4 Å². The van der Waals surface area contributed by atoms with Crippen molar-refractivity contribution >= 4 is 33.7 Å². The zero-order valence-corrected chi connectivity index (χ0v) is 17.8. The minimum absolute atomic E-state index is 0.193. The average Bonchev–Trinajstić information content (AvgIpc) is 3.45. The third-order valence-corrected chi connectivity index (χ3v) is 7.17. The van der Waals surface area contributed by atoms with Gasteiger partial charge in [0.1, 0.15) is 10.7 Å². The average molecular weight is 463 g/mol. The number of furan rings is 1. The molecule has 1 saturated heterocycles. The van der Waals surface area contributed by atoms with E-state index in [1.165, 1.54) is 28.6 Å². The number of aromatic nitrogens is 2. The summed E-state index contributed by atoms with van der Waals surface area (Å²) in [5, 5.41) is 20.4. The van der Waals surface area contributed by atoms with Crippen LogP contribution in [0.25, 0.3) is 17.5 Å². The Labute approximate surface area is 182 Å². The topological polar surface area (TPSA) is 133 Å². The summed E-state index contributed by atoms with van der Waals surface area (Å²) in [7, 11) is -3.57. The number of hydrogen-bond donors (Lipinski definition) is 0.